The van der Waals surface area contributed by atoms with Gasteiger partial charge in [0.15, 0.2) is 16.6 Å². The van der Waals surface area contributed by atoms with Crippen molar-refractivity contribution in [2.24, 2.45) is 0 Å². The second kappa shape index (κ2) is 8.32. The van der Waals surface area contributed by atoms with Crippen LogP contribution in [0.4, 0.5) is 0 Å². The van der Waals surface area contributed by atoms with Crippen LogP contribution in [0.5, 0.6) is 0 Å². The molecule has 0 atom stereocenters. The highest BCUT2D eigenvalue weighted by Gasteiger charge is 2.15. The molecule has 0 fully saturated rings. The maximum atomic E-state index is 6.35. The van der Waals surface area contributed by atoms with Crippen molar-refractivity contribution < 1.29 is 0 Å². The number of aromatic amines is 1. The predicted octanol–water partition coefficient (Wildman–Crippen LogP) is 5.35. The van der Waals surface area contributed by atoms with E-state index in [9.17, 15) is 0 Å². The number of aryl methyl sites for hydroxylation is 3. The number of benzene rings is 2. The molecule has 0 saturated carbocycles. The Morgan fingerprint density at radius 2 is 1.81 bits per heavy atom. The number of nitrogens with zero attached hydrogens (tertiary/aromatic N) is 5. The minimum Gasteiger partial charge on any atom is -0.282 e. The molecule has 31 heavy (non-hydrogen) atoms. The molecule has 5 rings (SSSR count). The first-order valence-corrected chi connectivity index (χ1v) is 11.5. The molecule has 0 amide bonds. The molecule has 0 unspecified atom stereocenters. The summed E-state index contributed by atoms with van der Waals surface area (Å²) in [6.45, 7) is 4.07. The third kappa shape index (κ3) is 3.91. The maximum absolute atomic E-state index is 6.35. The molecule has 5 aromatic rings. The Kier molecular flexibility index (Phi) is 5.38. The smallest absolute Gasteiger partial charge is 0.191 e. The summed E-state index contributed by atoms with van der Waals surface area (Å²) in [5.41, 5.74) is 6.19. The van der Waals surface area contributed by atoms with Crippen molar-refractivity contribution in [2.75, 3.05) is 0 Å². The van der Waals surface area contributed by atoms with Gasteiger partial charge in [0.1, 0.15) is 0 Å². The lowest BCUT2D eigenvalue weighted by Crippen LogP contribution is -2.00. The number of nitrogens with one attached hydrogen (secondary N) is 1. The van der Waals surface area contributed by atoms with Gasteiger partial charge in [-0.2, -0.15) is 9.61 Å². The number of hydrogen-bond acceptors (Lipinski definition) is 5. The summed E-state index contributed by atoms with van der Waals surface area (Å²) in [5.74, 6) is 1.51. The Balaban J connectivity index is 1.51. The normalized spacial score (nSPS) is 11.6. The predicted molar refractivity (Wildman–Crippen MR) is 125 cm³/mol. The van der Waals surface area contributed by atoms with Gasteiger partial charge in [-0.25, -0.2) is 9.97 Å². The van der Waals surface area contributed by atoms with E-state index >= 15 is 0 Å². The molecule has 1 N–H and O–H groups in total. The molecule has 0 aliphatic rings. The van der Waals surface area contributed by atoms with Crippen molar-refractivity contribution in [1.29, 1.82) is 0 Å². The minimum atomic E-state index is 0.711. The van der Waals surface area contributed by atoms with E-state index in [4.69, 9.17) is 26.7 Å². The Labute approximate surface area is 189 Å². The van der Waals surface area contributed by atoms with Gasteiger partial charge in [-0.05, 0) is 49.6 Å². The van der Waals surface area contributed by atoms with Crippen LogP contribution in [0, 0.1) is 13.8 Å². The first kappa shape index (κ1) is 20.0. The van der Waals surface area contributed by atoms with Crippen molar-refractivity contribution in [3.8, 4) is 0 Å². The van der Waals surface area contributed by atoms with E-state index < -0.39 is 0 Å². The van der Waals surface area contributed by atoms with Crippen molar-refractivity contribution in [1.82, 2.24) is 29.8 Å². The van der Waals surface area contributed by atoms with Gasteiger partial charge in [-0.15, -0.1) is 5.10 Å². The van der Waals surface area contributed by atoms with E-state index in [1.54, 1.807) is 11.8 Å². The summed E-state index contributed by atoms with van der Waals surface area (Å²) in [7, 11) is 0. The van der Waals surface area contributed by atoms with Gasteiger partial charge in [0.05, 0.1) is 11.2 Å². The van der Waals surface area contributed by atoms with E-state index in [-0.39, 0.29) is 0 Å². The monoisotopic (exact) mass is 448 g/mol. The van der Waals surface area contributed by atoms with Gasteiger partial charge in [-0.1, -0.05) is 53.7 Å². The SMILES string of the molecule is Cc1n[nH]c(C)c1CCc1nc2c3ccccc3nc(SCc3ccccc3Cl)n2n1. The van der Waals surface area contributed by atoms with Crippen LogP contribution in [0.3, 0.4) is 0 Å². The number of hydrogen-bond donors (Lipinski definition) is 1. The first-order chi connectivity index (χ1) is 15.1. The zero-order valence-corrected chi connectivity index (χ0v) is 18.8. The average molecular weight is 449 g/mol. The summed E-state index contributed by atoms with van der Waals surface area (Å²) in [6.07, 6.45) is 1.59. The average Bonchev–Trinajstić information content (AvgIpc) is 3.35. The molecular formula is C23H21ClN6S. The summed E-state index contributed by atoms with van der Waals surface area (Å²) >= 11 is 7.96. The second-order valence-electron chi connectivity index (χ2n) is 7.47. The molecule has 0 saturated heterocycles. The first-order valence-electron chi connectivity index (χ1n) is 10.1. The van der Waals surface area contributed by atoms with Crippen molar-refractivity contribution in [3.63, 3.8) is 0 Å². The number of fused-ring (bicyclic) bond motifs is 3. The van der Waals surface area contributed by atoms with Gasteiger partial charge in [0.2, 0.25) is 0 Å². The fourth-order valence-corrected chi connectivity index (χ4v) is 4.94. The fraction of sp³-hybridized carbons (Fsp3) is 0.217. The van der Waals surface area contributed by atoms with E-state index in [1.165, 1.54) is 5.56 Å². The van der Waals surface area contributed by atoms with Gasteiger partial charge >= 0.3 is 0 Å². The van der Waals surface area contributed by atoms with Crippen molar-refractivity contribution >= 4 is 39.9 Å². The van der Waals surface area contributed by atoms with Crippen LogP contribution in [-0.4, -0.2) is 29.8 Å². The summed E-state index contributed by atoms with van der Waals surface area (Å²) in [5, 5.41) is 14.7. The van der Waals surface area contributed by atoms with E-state index in [1.807, 2.05) is 66.9 Å². The standard InChI is InChI=1S/C23H21ClN6S/c1-14-17(15(2)28-27-14)11-12-21-26-22-18-8-4-6-10-20(18)25-23(30(22)29-21)31-13-16-7-3-5-9-19(16)24/h3-10H,11-13H2,1-2H3,(H,27,28). The molecule has 3 aromatic heterocycles. The van der Waals surface area contributed by atoms with Crippen LogP contribution in [0.25, 0.3) is 16.6 Å². The third-order valence-electron chi connectivity index (χ3n) is 5.39. The lowest BCUT2D eigenvalue weighted by atomic mass is 10.1. The zero-order chi connectivity index (χ0) is 21.4. The molecule has 0 radical (unpaired) electrons. The molecule has 3 heterocycles. The number of rotatable bonds is 6. The van der Waals surface area contributed by atoms with Gasteiger partial charge < -0.3 is 0 Å². The van der Waals surface area contributed by atoms with E-state index in [0.717, 1.165) is 62.3 Å². The molecule has 8 heteroatoms. The van der Waals surface area contributed by atoms with E-state index in [2.05, 4.69) is 10.2 Å². The zero-order valence-electron chi connectivity index (χ0n) is 17.3. The molecule has 6 nitrogen and oxygen atoms in total. The highest BCUT2D eigenvalue weighted by molar-refractivity contribution is 7.98. The van der Waals surface area contributed by atoms with Gasteiger partial charge in [-0.3, -0.25) is 5.10 Å². The topological polar surface area (TPSA) is 71.8 Å². The molecular weight excluding hydrogens is 428 g/mol. The number of H-pyrrole nitrogens is 1. The van der Waals surface area contributed by atoms with Crippen LogP contribution in [0.2, 0.25) is 5.02 Å². The van der Waals surface area contributed by atoms with Crippen LogP contribution in [0.15, 0.2) is 53.7 Å². The van der Waals surface area contributed by atoms with Crippen LogP contribution in [0.1, 0.15) is 28.3 Å². The minimum absolute atomic E-state index is 0.711. The molecule has 0 aliphatic carbocycles. The quantitative estimate of drug-likeness (QED) is 0.280. The Bertz CT molecular complexity index is 1370. The number of aromatic nitrogens is 6. The fourth-order valence-electron chi connectivity index (χ4n) is 3.71. The number of para-hydroxylation sites is 1. The molecule has 156 valence electrons. The van der Waals surface area contributed by atoms with Crippen molar-refractivity contribution in [3.05, 3.63) is 81.9 Å². The highest BCUT2D eigenvalue weighted by atomic mass is 35.5. The van der Waals surface area contributed by atoms with Gasteiger partial charge in [0.25, 0.3) is 0 Å². The molecule has 0 spiro atoms. The second-order valence-corrected chi connectivity index (χ2v) is 8.82. The molecule has 0 bridgehead atoms. The van der Waals surface area contributed by atoms with E-state index in [0.29, 0.717) is 5.75 Å². The third-order valence-corrected chi connectivity index (χ3v) is 6.73. The summed E-state index contributed by atoms with van der Waals surface area (Å²) in [6, 6.07) is 16.0. The van der Waals surface area contributed by atoms with Crippen molar-refractivity contribution in [2.45, 2.75) is 37.6 Å². The summed E-state index contributed by atoms with van der Waals surface area (Å²) < 4.78 is 1.87. The Morgan fingerprint density at radius 3 is 2.61 bits per heavy atom. The van der Waals surface area contributed by atoms with Crippen LogP contribution < -0.4 is 0 Å². The number of halogens is 1. The van der Waals surface area contributed by atoms with Gasteiger partial charge in [0, 0.05) is 28.3 Å². The molecule has 0 aliphatic heterocycles. The largest absolute Gasteiger partial charge is 0.282 e. The lowest BCUT2D eigenvalue weighted by Gasteiger charge is -2.07. The summed E-state index contributed by atoms with van der Waals surface area (Å²) in [4.78, 5) is 9.74. The van der Waals surface area contributed by atoms with Crippen LogP contribution >= 0.6 is 23.4 Å². The molecule has 2 aromatic carbocycles. The number of thioether (sulfide) groups is 1. The lowest BCUT2D eigenvalue weighted by molar-refractivity contribution is 0.767. The van der Waals surface area contributed by atoms with Crippen LogP contribution in [-0.2, 0) is 18.6 Å². The maximum Gasteiger partial charge on any atom is 0.191 e. The highest BCUT2D eigenvalue weighted by Crippen LogP contribution is 2.28. The Hall–Kier alpha value is -2.90. The Morgan fingerprint density at radius 1 is 1.00 bits per heavy atom.